The van der Waals surface area contributed by atoms with Crippen molar-refractivity contribution in [3.05, 3.63) is 54.1 Å². The minimum absolute atomic E-state index is 0.117. The number of aromatic nitrogens is 3. The molecule has 9 nitrogen and oxygen atoms in total. The molecule has 2 heterocycles. The first-order chi connectivity index (χ1) is 15.5. The molecule has 1 N–H and O–H groups in total. The van der Waals surface area contributed by atoms with Crippen LogP contribution in [0.15, 0.2) is 53.4 Å². The van der Waals surface area contributed by atoms with Crippen LogP contribution < -0.4 is 5.32 Å². The molecule has 0 bridgehead atoms. The third kappa shape index (κ3) is 4.67. The number of methoxy groups -OCH3 is 1. The quantitative estimate of drug-likeness (QED) is 0.554. The zero-order valence-corrected chi connectivity index (χ0v) is 18.8. The Morgan fingerprint density at radius 1 is 1.19 bits per heavy atom. The molecule has 3 aromatic rings. The van der Waals surface area contributed by atoms with E-state index >= 15 is 0 Å². The third-order valence-electron chi connectivity index (χ3n) is 5.67. The second-order valence-electron chi connectivity index (χ2n) is 7.79. The molecule has 1 aliphatic rings. The molecule has 0 saturated carbocycles. The largest absolute Gasteiger partial charge is 0.383 e. The standard InChI is InChI=1S/C22H27N5O4S/c1-31-14-13-26-20-11-10-18(15-19(20)24-25-26)32(29,30)27-12-6-5-9-21(27)22(28)23-16-17-7-3-2-4-8-17/h2-4,7-8,10-11,15,21H,5-6,9,12-14,16H2,1H3,(H,23,28). The van der Waals surface area contributed by atoms with Gasteiger partial charge in [0.05, 0.1) is 23.6 Å². The van der Waals surface area contributed by atoms with Crippen molar-refractivity contribution < 1.29 is 17.9 Å². The van der Waals surface area contributed by atoms with E-state index in [9.17, 15) is 13.2 Å². The smallest absolute Gasteiger partial charge is 0.243 e. The summed E-state index contributed by atoms with van der Waals surface area (Å²) in [6, 6.07) is 13.6. The molecule has 0 spiro atoms. The molecule has 1 atom stereocenters. The predicted molar refractivity (Wildman–Crippen MR) is 119 cm³/mol. The zero-order chi connectivity index (χ0) is 22.6. The average Bonchev–Trinajstić information content (AvgIpc) is 3.24. The van der Waals surface area contributed by atoms with Gasteiger partial charge in [-0.05, 0) is 36.6 Å². The molecule has 1 unspecified atom stereocenters. The first-order valence-corrected chi connectivity index (χ1v) is 12.1. The van der Waals surface area contributed by atoms with Crippen molar-refractivity contribution in [2.45, 2.75) is 43.3 Å². The normalized spacial score (nSPS) is 17.5. The lowest BCUT2D eigenvalue weighted by Crippen LogP contribution is -2.51. The predicted octanol–water partition coefficient (Wildman–Crippen LogP) is 1.94. The Balaban J connectivity index is 1.54. The van der Waals surface area contributed by atoms with Gasteiger partial charge in [-0.3, -0.25) is 4.79 Å². The molecule has 1 saturated heterocycles. The van der Waals surface area contributed by atoms with E-state index in [1.807, 2.05) is 30.3 Å². The van der Waals surface area contributed by atoms with Gasteiger partial charge in [-0.1, -0.05) is 42.0 Å². The van der Waals surface area contributed by atoms with E-state index in [1.165, 1.54) is 10.4 Å². The molecule has 0 radical (unpaired) electrons. The number of hydrogen-bond donors (Lipinski definition) is 1. The number of nitrogens with one attached hydrogen (secondary N) is 1. The monoisotopic (exact) mass is 457 g/mol. The zero-order valence-electron chi connectivity index (χ0n) is 18.0. The fraction of sp³-hybridized carbons (Fsp3) is 0.409. The number of amides is 1. The Kier molecular flexibility index (Phi) is 6.83. The van der Waals surface area contributed by atoms with Crippen LogP contribution in [0.4, 0.5) is 0 Å². The van der Waals surface area contributed by atoms with E-state index < -0.39 is 16.1 Å². The average molecular weight is 458 g/mol. The maximum Gasteiger partial charge on any atom is 0.243 e. The number of ether oxygens (including phenoxy) is 1. The summed E-state index contributed by atoms with van der Waals surface area (Å²) in [4.78, 5) is 13.0. The molecule has 1 amide bonds. The summed E-state index contributed by atoms with van der Waals surface area (Å²) in [6.45, 7) is 1.67. The van der Waals surface area contributed by atoms with Gasteiger partial charge in [0.2, 0.25) is 15.9 Å². The SMILES string of the molecule is COCCn1nnc2cc(S(=O)(=O)N3CCCCC3C(=O)NCc3ccccc3)ccc21. The van der Waals surface area contributed by atoms with E-state index in [0.717, 1.165) is 23.9 Å². The van der Waals surface area contributed by atoms with Crippen molar-refractivity contribution in [1.82, 2.24) is 24.6 Å². The summed E-state index contributed by atoms with van der Waals surface area (Å²) in [6.07, 6.45) is 2.02. The van der Waals surface area contributed by atoms with E-state index in [2.05, 4.69) is 15.6 Å². The summed E-state index contributed by atoms with van der Waals surface area (Å²) in [7, 11) is -2.26. The van der Waals surface area contributed by atoms with Crippen LogP contribution in [0.5, 0.6) is 0 Å². The fourth-order valence-electron chi connectivity index (χ4n) is 3.95. The minimum atomic E-state index is -3.87. The first-order valence-electron chi connectivity index (χ1n) is 10.7. The Bertz CT molecular complexity index is 1180. The lowest BCUT2D eigenvalue weighted by Gasteiger charge is -2.33. The van der Waals surface area contributed by atoms with Gasteiger partial charge in [-0.2, -0.15) is 4.31 Å². The second-order valence-corrected chi connectivity index (χ2v) is 9.68. The highest BCUT2D eigenvalue weighted by atomic mass is 32.2. The Labute approximate surface area is 187 Å². The van der Waals surface area contributed by atoms with Crippen molar-refractivity contribution in [2.75, 3.05) is 20.3 Å². The third-order valence-corrected chi connectivity index (χ3v) is 7.57. The van der Waals surface area contributed by atoms with Gasteiger partial charge in [0.1, 0.15) is 11.6 Å². The summed E-state index contributed by atoms with van der Waals surface area (Å²) >= 11 is 0. The number of hydrogen-bond acceptors (Lipinski definition) is 6. The first kappa shape index (κ1) is 22.4. The van der Waals surface area contributed by atoms with Crippen molar-refractivity contribution in [3.63, 3.8) is 0 Å². The topological polar surface area (TPSA) is 106 Å². The fourth-order valence-corrected chi connectivity index (χ4v) is 5.63. The van der Waals surface area contributed by atoms with Gasteiger partial charge < -0.3 is 10.1 Å². The molecule has 2 aromatic carbocycles. The molecule has 0 aliphatic carbocycles. The lowest BCUT2D eigenvalue weighted by molar-refractivity contribution is -0.125. The summed E-state index contributed by atoms with van der Waals surface area (Å²) in [5.74, 6) is -0.274. The van der Waals surface area contributed by atoms with Crippen LogP contribution in [0.2, 0.25) is 0 Å². The molecule has 170 valence electrons. The van der Waals surface area contributed by atoms with Gasteiger partial charge in [0, 0.05) is 20.2 Å². The van der Waals surface area contributed by atoms with Crippen LogP contribution in [-0.4, -0.2) is 59.9 Å². The number of carbonyl (C=O) groups excluding carboxylic acids is 1. The Hall–Kier alpha value is -2.82. The Morgan fingerprint density at radius 2 is 2.00 bits per heavy atom. The van der Waals surface area contributed by atoms with E-state index in [-0.39, 0.29) is 10.8 Å². The van der Waals surface area contributed by atoms with Crippen LogP contribution in [0.3, 0.4) is 0 Å². The molecule has 10 heteroatoms. The summed E-state index contributed by atoms with van der Waals surface area (Å²) in [5, 5.41) is 11.1. The number of nitrogens with zero attached hydrogens (tertiary/aromatic N) is 4. The van der Waals surface area contributed by atoms with Crippen molar-refractivity contribution >= 4 is 27.0 Å². The van der Waals surface area contributed by atoms with Crippen molar-refractivity contribution in [2.24, 2.45) is 0 Å². The molecule has 4 rings (SSSR count). The molecular weight excluding hydrogens is 430 g/mol. The highest BCUT2D eigenvalue weighted by molar-refractivity contribution is 7.89. The summed E-state index contributed by atoms with van der Waals surface area (Å²) < 4.78 is 35.0. The molecule has 1 aromatic heterocycles. The van der Waals surface area contributed by atoms with Crippen molar-refractivity contribution in [3.8, 4) is 0 Å². The number of sulfonamides is 1. The van der Waals surface area contributed by atoms with Crippen LogP contribution >= 0.6 is 0 Å². The minimum Gasteiger partial charge on any atom is -0.383 e. The van der Waals surface area contributed by atoms with Crippen LogP contribution in [0.1, 0.15) is 24.8 Å². The van der Waals surface area contributed by atoms with Crippen LogP contribution in [0, 0.1) is 0 Å². The molecule has 1 aliphatic heterocycles. The van der Waals surface area contributed by atoms with Gasteiger partial charge >= 0.3 is 0 Å². The number of rotatable bonds is 8. The molecular formula is C22H27N5O4S. The van der Waals surface area contributed by atoms with Gasteiger partial charge in [-0.25, -0.2) is 13.1 Å². The lowest BCUT2D eigenvalue weighted by atomic mass is 10.0. The van der Waals surface area contributed by atoms with Crippen LogP contribution in [0.25, 0.3) is 11.0 Å². The molecule has 32 heavy (non-hydrogen) atoms. The van der Waals surface area contributed by atoms with Crippen LogP contribution in [-0.2, 0) is 32.6 Å². The summed E-state index contributed by atoms with van der Waals surface area (Å²) in [5.41, 5.74) is 2.19. The number of piperidine rings is 1. The number of carbonyl (C=O) groups is 1. The maximum absolute atomic E-state index is 13.5. The number of benzene rings is 2. The maximum atomic E-state index is 13.5. The highest BCUT2D eigenvalue weighted by Gasteiger charge is 2.37. The Morgan fingerprint density at radius 3 is 2.78 bits per heavy atom. The van der Waals surface area contributed by atoms with Crippen molar-refractivity contribution in [1.29, 1.82) is 0 Å². The second kappa shape index (κ2) is 9.76. The molecule has 1 fully saturated rings. The highest BCUT2D eigenvalue weighted by Crippen LogP contribution is 2.27. The van der Waals surface area contributed by atoms with E-state index in [4.69, 9.17) is 4.74 Å². The number of fused-ring (bicyclic) bond motifs is 1. The van der Waals surface area contributed by atoms with E-state index in [1.54, 1.807) is 23.9 Å². The van der Waals surface area contributed by atoms with E-state index in [0.29, 0.717) is 38.2 Å². The van der Waals surface area contributed by atoms with Gasteiger partial charge in [-0.15, -0.1) is 5.10 Å². The van der Waals surface area contributed by atoms with Gasteiger partial charge in [0.15, 0.2) is 0 Å². The van der Waals surface area contributed by atoms with Gasteiger partial charge in [0.25, 0.3) is 0 Å².